The van der Waals surface area contributed by atoms with Crippen LogP contribution in [0.25, 0.3) is 21.7 Å². The Kier molecular flexibility index (Phi) is 5.94. The lowest BCUT2D eigenvalue weighted by Gasteiger charge is -2.51. The molecule has 182 valence electrons. The summed E-state index contributed by atoms with van der Waals surface area (Å²) in [6, 6.07) is 21.7. The molecule has 0 spiro atoms. The summed E-state index contributed by atoms with van der Waals surface area (Å²) in [6.45, 7) is 6.03. The predicted molar refractivity (Wildman–Crippen MR) is 142 cm³/mol. The molecule has 5 atom stereocenters. The van der Waals surface area contributed by atoms with Crippen molar-refractivity contribution in [3.8, 4) is 5.75 Å². The van der Waals surface area contributed by atoms with E-state index in [1.807, 2.05) is 72.9 Å². The summed E-state index contributed by atoms with van der Waals surface area (Å²) in [5, 5.41) is 2.88. The molecule has 3 saturated heterocycles. The lowest BCUT2D eigenvalue weighted by Crippen LogP contribution is -2.55. The summed E-state index contributed by atoms with van der Waals surface area (Å²) in [5.41, 5.74) is 2.42. The van der Waals surface area contributed by atoms with E-state index in [-0.39, 0.29) is 12.0 Å². The number of esters is 1. The van der Waals surface area contributed by atoms with Crippen LogP contribution in [0.1, 0.15) is 34.9 Å². The normalized spacial score (nSPS) is 23.9. The van der Waals surface area contributed by atoms with E-state index in [4.69, 9.17) is 9.47 Å². The molecule has 0 aliphatic carbocycles. The van der Waals surface area contributed by atoms with Gasteiger partial charge in [0.25, 0.3) is 0 Å². The number of ether oxygens (including phenoxy) is 2. The molecule has 0 N–H and O–H groups in total. The first kappa shape index (κ1) is 22.7. The quantitative estimate of drug-likeness (QED) is 0.244. The van der Waals surface area contributed by atoms with E-state index in [1.54, 1.807) is 7.11 Å². The van der Waals surface area contributed by atoms with Gasteiger partial charge in [0.2, 0.25) is 0 Å². The average Bonchev–Trinajstić information content (AvgIpc) is 2.95. The Bertz CT molecular complexity index is 1440. The second kappa shape index (κ2) is 9.40. The molecule has 3 fully saturated rings. The van der Waals surface area contributed by atoms with Crippen LogP contribution >= 0.6 is 0 Å². The van der Waals surface area contributed by atoms with Gasteiger partial charge < -0.3 is 9.47 Å². The van der Waals surface area contributed by atoms with Crippen molar-refractivity contribution in [2.24, 2.45) is 11.8 Å². The number of pyridine rings is 1. The van der Waals surface area contributed by atoms with E-state index in [2.05, 4.69) is 22.5 Å². The van der Waals surface area contributed by atoms with Crippen molar-refractivity contribution in [3.05, 3.63) is 96.7 Å². The van der Waals surface area contributed by atoms with Crippen molar-refractivity contribution in [3.63, 3.8) is 0 Å². The number of aromatic nitrogens is 1. The first-order chi connectivity index (χ1) is 17.7. The Hall–Kier alpha value is -3.70. The molecule has 1 unspecified atom stereocenters. The molecule has 7 rings (SSSR count). The van der Waals surface area contributed by atoms with Crippen molar-refractivity contribution in [2.75, 3.05) is 20.2 Å². The maximum absolute atomic E-state index is 13.8. The second-order valence-corrected chi connectivity index (χ2v) is 9.88. The first-order valence-electron chi connectivity index (χ1n) is 12.6. The highest BCUT2D eigenvalue weighted by atomic mass is 16.5. The fourth-order valence-corrected chi connectivity index (χ4v) is 6.15. The number of rotatable bonds is 6. The van der Waals surface area contributed by atoms with Gasteiger partial charge in [-0.15, -0.1) is 6.58 Å². The molecule has 1 aromatic heterocycles. The molecule has 4 aromatic rings. The third-order valence-corrected chi connectivity index (χ3v) is 8.04. The van der Waals surface area contributed by atoms with E-state index in [9.17, 15) is 4.79 Å². The van der Waals surface area contributed by atoms with E-state index in [0.717, 1.165) is 58.9 Å². The first-order valence-corrected chi connectivity index (χ1v) is 12.6. The molecule has 3 aliphatic rings. The third kappa shape index (κ3) is 3.94. The smallest absolute Gasteiger partial charge is 0.339 e. The van der Waals surface area contributed by atoms with E-state index >= 15 is 0 Å². The van der Waals surface area contributed by atoms with Crippen LogP contribution in [0.4, 0.5) is 0 Å². The fourth-order valence-electron chi connectivity index (χ4n) is 6.15. The van der Waals surface area contributed by atoms with Gasteiger partial charge in [0.15, 0.2) is 0 Å². The summed E-state index contributed by atoms with van der Waals surface area (Å²) in [5.74, 6) is 1.50. The van der Waals surface area contributed by atoms with Crippen molar-refractivity contribution >= 4 is 27.6 Å². The van der Waals surface area contributed by atoms with E-state index in [0.29, 0.717) is 17.4 Å². The number of piperidine rings is 3. The zero-order chi connectivity index (χ0) is 24.6. The predicted octanol–water partition coefficient (Wildman–Crippen LogP) is 6.19. The molecule has 36 heavy (non-hydrogen) atoms. The molecule has 0 amide bonds. The SMILES string of the molecule is C=C[C@H]1CN2CC[C@H]1C[C@H]2[C@H](OC(=O)c1cccc2ccccc12)c1ccnc2ccc(OC)cc12. The Morgan fingerprint density at radius 3 is 2.78 bits per heavy atom. The van der Waals surface area contributed by atoms with Crippen LogP contribution in [0, 0.1) is 11.8 Å². The van der Waals surface area contributed by atoms with Gasteiger partial charge in [-0.3, -0.25) is 9.88 Å². The van der Waals surface area contributed by atoms with Gasteiger partial charge in [0.1, 0.15) is 11.9 Å². The van der Waals surface area contributed by atoms with E-state index in [1.165, 1.54) is 0 Å². The van der Waals surface area contributed by atoms with Crippen LogP contribution in [-0.4, -0.2) is 42.1 Å². The molecule has 3 aromatic carbocycles. The monoisotopic (exact) mass is 478 g/mol. The topological polar surface area (TPSA) is 51.7 Å². The number of benzene rings is 3. The largest absolute Gasteiger partial charge is 0.497 e. The summed E-state index contributed by atoms with van der Waals surface area (Å²) in [4.78, 5) is 20.8. The van der Waals surface area contributed by atoms with Gasteiger partial charge in [-0.25, -0.2) is 4.79 Å². The molecule has 0 saturated carbocycles. The number of hydrogen-bond acceptors (Lipinski definition) is 5. The van der Waals surface area contributed by atoms with E-state index < -0.39 is 6.10 Å². The van der Waals surface area contributed by atoms with Gasteiger partial charge in [0.05, 0.1) is 24.2 Å². The Labute approximate surface area is 211 Å². The number of methoxy groups -OCH3 is 1. The van der Waals surface area contributed by atoms with Crippen molar-refractivity contribution < 1.29 is 14.3 Å². The van der Waals surface area contributed by atoms with Crippen molar-refractivity contribution in [1.29, 1.82) is 0 Å². The summed E-state index contributed by atoms with van der Waals surface area (Å²) >= 11 is 0. The van der Waals surface area contributed by atoms with Gasteiger partial charge in [-0.05, 0) is 72.3 Å². The van der Waals surface area contributed by atoms with Crippen molar-refractivity contribution in [1.82, 2.24) is 9.88 Å². The lowest BCUT2D eigenvalue weighted by molar-refractivity contribution is -0.0567. The van der Waals surface area contributed by atoms with Gasteiger partial charge in [0, 0.05) is 23.7 Å². The lowest BCUT2D eigenvalue weighted by atomic mass is 9.73. The number of nitrogens with zero attached hydrogens (tertiary/aromatic N) is 2. The van der Waals surface area contributed by atoms with Crippen LogP contribution in [-0.2, 0) is 4.74 Å². The van der Waals surface area contributed by atoms with Crippen LogP contribution in [0.3, 0.4) is 0 Å². The van der Waals surface area contributed by atoms with Crippen LogP contribution in [0.15, 0.2) is 85.6 Å². The van der Waals surface area contributed by atoms with Gasteiger partial charge >= 0.3 is 5.97 Å². The van der Waals surface area contributed by atoms with Crippen LogP contribution < -0.4 is 4.74 Å². The summed E-state index contributed by atoms with van der Waals surface area (Å²) in [7, 11) is 1.66. The summed E-state index contributed by atoms with van der Waals surface area (Å²) in [6.07, 6.45) is 5.60. The minimum absolute atomic E-state index is 0.0932. The molecule has 5 nitrogen and oxygen atoms in total. The molecule has 2 bridgehead atoms. The van der Waals surface area contributed by atoms with Gasteiger partial charge in [-0.2, -0.15) is 0 Å². The molecule has 5 heteroatoms. The molecule has 3 aliphatic heterocycles. The van der Waals surface area contributed by atoms with Crippen LogP contribution in [0.5, 0.6) is 5.75 Å². The number of hydrogen-bond donors (Lipinski definition) is 0. The average molecular weight is 479 g/mol. The zero-order valence-corrected chi connectivity index (χ0v) is 20.5. The summed E-state index contributed by atoms with van der Waals surface area (Å²) < 4.78 is 12.0. The maximum Gasteiger partial charge on any atom is 0.339 e. The number of carbonyl (C=O) groups excluding carboxylic acids is 1. The Morgan fingerprint density at radius 2 is 1.97 bits per heavy atom. The highest BCUT2D eigenvalue weighted by Crippen LogP contribution is 2.44. The number of carbonyl (C=O) groups is 1. The minimum atomic E-state index is -0.428. The maximum atomic E-state index is 13.8. The number of fused-ring (bicyclic) bond motifs is 5. The highest BCUT2D eigenvalue weighted by molar-refractivity contribution is 6.04. The standard InChI is InChI=1S/C31H30N2O3/c1-3-20-19-33-16-14-22(20)17-29(33)30(25-13-15-32-28-12-11-23(35-2)18-27(25)28)36-31(34)26-10-6-8-21-7-4-5-9-24(21)26/h3-13,15,18,20,22,29-30H,1,14,16-17,19H2,2H3/t20-,22-,29-,30+/m0/s1. The zero-order valence-electron chi connectivity index (χ0n) is 20.5. The van der Waals surface area contributed by atoms with Gasteiger partial charge in [-0.1, -0.05) is 42.5 Å². The molecule has 0 radical (unpaired) electrons. The Balaban J connectivity index is 1.44. The molecular formula is C31H30N2O3. The third-order valence-electron chi connectivity index (χ3n) is 8.04. The second-order valence-electron chi connectivity index (χ2n) is 9.88. The Morgan fingerprint density at radius 1 is 1.11 bits per heavy atom. The highest BCUT2D eigenvalue weighted by Gasteiger charge is 2.44. The molecule has 4 heterocycles. The molecular weight excluding hydrogens is 448 g/mol. The minimum Gasteiger partial charge on any atom is -0.497 e. The fraction of sp³-hybridized carbons (Fsp3) is 0.290. The van der Waals surface area contributed by atoms with Crippen LogP contribution in [0.2, 0.25) is 0 Å². The van der Waals surface area contributed by atoms with Crippen molar-refractivity contribution in [2.45, 2.75) is 25.0 Å².